The molecule has 84 valence electrons. The molecule has 2 N–H and O–H groups in total. The van der Waals surface area contributed by atoms with E-state index in [0.29, 0.717) is 12.4 Å². The molecule has 0 unspecified atom stereocenters. The smallest absolute Gasteiger partial charge is 0.241 e. The minimum atomic E-state index is -3.73. The van der Waals surface area contributed by atoms with Crippen LogP contribution in [-0.2, 0) is 10.0 Å². The van der Waals surface area contributed by atoms with Crippen molar-refractivity contribution in [1.82, 2.24) is 0 Å². The molecular weight excluding hydrogens is 214 g/mol. The Kier molecular flexibility index (Phi) is 3.36. The Morgan fingerprint density at radius 2 is 1.93 bits per heavy atom. The van der Waals surface area contributed by atoms with Crippen molar-refractivity contribution in [3.63, 3.8) is 0 Å². The molecule has 0 radical (unpaired) electrons. The molecule has 1 aromatic rings. The van der Waals surface area contributed by atoms with E-state index in [1.54, 1.807) is 13.8 Å². The Labute approximate surface area is 90.1 Å². The fourth-order valence-corrected chi connectivity index (χ4v) is 2.28. The minimum absolute atomic E-state index is 0.0573. The zero-order chi connectivity index (χ0) is 11.6. The summed E-state index contributed by atoms with van der Waals surface area (Å²) in [5.74, 6) is 0.352. The molecule has 0 saturated carbocycles. The van der Waals surface area contributed by atoms with E-state index in [0.717, 1.165) is 11.1 Å². The molecule has 0 aromatic heterocycles. The van der Waals surface area contributed by atoms with E-state index >= 15 is 0 Å². The Hall–Kier alpha value is -1.07. The number of aryl methyl sites for hydroxylation is 2. The first kappa shape index (κ1) is 12.0. The maximum atomic E-state index is 11.3. The van der Waals surface area contributed by atoms with Crippen LogP contribution in [0.25, 0.3) is 0 Å². The average Bonchev–Trinajstić information content (AvgIpc) is 2.07. The number of ether oxygens (including phenoxy) is 1. The molecule has 1 aromatic carbocycles. The van der Waals surface area contributed by atoms with Crippen molar-refractivity contribution in [2.45, 2.75) is 25.7 Å². The van der Waals surface area contributed by atoms with Gasteiger partial charge in [0.25, 0.3) is 0 Å². The summed E-state index contributed by atoms with van der Waals surface area (Å²) in [4.78, 5) is 0.0573. The molecule has 5 heteroatoms. The first-order valence-corrected chi connectivity index (χ1v) is 6.17. The van der Waals surface area contributed by atoms with E-state index in [-0.39, 0.29) is 4.90 Å². The predicted molar refractivity (Wildman–Crippen MR) is 58.5 cm³/mol. The minimum Gasteiger partial charge on any atom is -0.492 e. The normalized spacial score (nSPS) is 11.5. The fraction of sp³-hybridized carbons (Fsp3) is 0.400. The number of hydrogen-bond acceptors (Lipinski definition) is 3. The molecule has 1 rings (SSSR count). The third-order valence-electron chi connectivity index (χ3n) is 1.98. The van der Waals surface area contributed by atoms with Crippen LogP contribution in [0.3, 0.4) is 0 Å². The largest absolute Gasteiger partial charge is 0.492 e. The van der Waals surface area contributed by atoms with E-state index in [1.165, 1.54) is 6.07 Å². The molecule has 0 fully saturated rings. The lowest BCUT2D eigenvalue weighted by atomic mass is 10.1. The SMILES string of the molecule is CCOc1c(C)cc(C)cc1S(N)(=O)=O. The van der Waals surface area contributed by atoms with Crippen molar-refractivity contribution < 1.29 is 13.2 Å². The average molecular weight is 229 g/mol. The summed E-state index contributed by atoms with van der Waals surface area (Å²) in [6, 6.07) is 3.38. The van der Waals surface area contributed by atoms with Crippen LogP contribution < -0.4 is 9.88 Å². The molecule has 0 atom stereocenters. The van der Waals surface area contributed by atoms with E-state index in [4.69, 9.17) is 9.88 Å². The molecule has 15 heavy (non-hydrogen) atoms. The fourth-order valence-electron chi connectivity index (χ4n) is 1.46. The highest BCUT2D eigenvalue weighted by Crippen LogP contribution is 2.28. The molecule has 0 heterocycles. The highest BCUT2D eigenvalue weighted by atomic mass is 32.2. The van der Waals surface area contributed by atoms with E-state index in [1.807, 2.05) is 13.0 Å². The lowest BCUT2D eigenvalue weighted by Gasteiger charge is -2.12. The van der Waals surface area contributed by atoms with Gasteiger partial charge >= 0.3 is 0 Å². The van der Waals surface area contributed by atoms with Gasteiger partial charge in [-0.2, -0.15) is 0 Å². The van der Waals surface area contributed by atoms with Gasteiger partial charge in [0.2, 0.25) is 10.0 Å². The monoisotopic (exact) mass is 229 g/mol. The van der Waals surface area contributed by atoms with Crippen LogP contribution in [-0.4, -0.2) is 15.0 Å². The molecular formula is C10H15NO3S. The molecule has 0 amide bonds. The van der Waals surface area contributed by atoms with Gasteiger partial charge in [0, 0.05) is 0 Å². The summed E-state index contributed by atoms with van der Waals surface area (Å²) in [5.41, 5.74) is 1.63. The summed E-state index contributed by atoms with van der Waals surface area (Å²) < 4.78 is 28.0. The number of sulfonamides is 1. The third kappa shape index (κ3) is 2.70. The van der Waals surface area contributed by atoms with Crippen molar-refractivity contribution in [2.24, 2.45) is 5.14 Å². The van der Waals surface area contributed by atoms with Crippen molar-refractivity contribution in [3.8, 4) is 5.75 Å². The van der Waals surface area contributed by atoms with Crippen molar-refractivity contribution in [3.05, 3.63) is 23.3 Å². The van der Waals surface area contributed by atoms with Crippen LogP contribution in [0.5, 0.6) is 5.75 Å². The third-order valence-corrected chi connectivity index (χ3v) is 2.90. The lowest BCUT2D eigenvalue weighted by molar-refractivity contribution is 0.328. The molecule has 0 aliphatic heterocycles. The van der Waals surface area contributed by atoms with Gasteiger partial charge in [-0.3, -0.25) is 0 Å². The van der Waals surface area contributed by atoms with Crippen LogP contribution in [0.4, 0.5) is 0 Å². The summed E-state index contributed by atoms with van der Waals surface area (Å²) in [6.07, 6.45) is 0. The number of rotatable bonds is 3. The zero-order valence-corrected chi connectivity index (χ0v) is 9.89. The first-order chi connectivity index (χ1) is 6.86. The van der Waals surface area contributed by atoms with Crippen LogP contribution in [0, 0.1) is 13.8 Å². The van der Waals surface area contributed by atoms with Gasteiger partial charge in [-0.05, 0) is 38.0 Å². The molecule has 0 saturated heterocycles. The molecule has 0 aliphatic carbocycles. The van der Waals surface area contributed by atoms with Crippen LogP contribution >= 0.6 is 0 Å². The predicted octanol–water partition coefficient (Wildman–Crippen LogP) is 1.35. The van der Waals surface area contributed by atoms with Gasteiger partial charge in [0.1, 0.15) is 10.6 Å². The Morgan fingerprint density at radius 1 is 1.33 bits per heavy atom. The number of nitrogens with two attached hydrogens (primary N) is 1. The second kappa shape index (κ2) is 4.20. The highest BCUT2D eigenvalue weighted by molar-refractivity contribution is 7.89. The Bertz CT molecular complexity index is 466. The molecule has 0 spiro atoms. The van der Waals surface area contributed by atoms with Gasteiger partial charge in [0.15, 0.2) is 0 Å². The highest BCUT2D eigenvalue weighted by Gasteiger charge is 2.17. The van der Waals surface area contributed by atoms with Crippen molar-refractivity contribution in [2.75, 3.05) is 6.61 Å². The van der Waals surface area contributed by atoms with E-state index in [9.17, 15) is 8.42 Å². The summed E-state index contributed by atoms with van der Waals surface area (Å²) >= 11 is 0. The Balaban J connectivity index is 3.47. The molecule has 4 nitrogen and oxygen atoms in total. The molecule has 0 bridgehead atoms. The topological polar surface area (TPSA) is 69.4 Å². The standard InChI is InChI=1S/C10H15NO3S/c1-4-14-10-8(3)5-7(2)6-9(10)15(11,12)13/h5-6H,4H2,1-3H3,(H2,11,12,13). The maximum absolute atomic E-state index is 11.3. The Morgan fingerprint density at radius 3 is 2.40 bits per heavy atom. The number of benzene rings is 1. The second-order valence-corrected chi connectivity index (χ2v) is 4.92. The zero-order valence-electron chi connectivity index (χ0n) is 9.07. The van der Waals surface area contributed by atoms with Gasteiger partial charge in [-0.15, -0.1) is 0 Å². The molecule has 0 aliphatic rings. The summed E-state index contributed by atoms with van der Waals surface area (Å²) in [5, 5.41) is 5.12. The van der Waals surface area contributed by atoms with Gasteiger partial charge in [-0.25, -0.2) is 13.6 Å². The summed E-state index contributed by atoms with van der Waals surface area (Å²) in [6.45, 7) is 5.82. The van der Waals surface area contributed by atoms with Gasteiger partial charge in [-0.1, -0.05) is 6.07 Å². The summed E-state index contributed by atoms with van der Waals surface area (Å²) in [7, 11) is -3.73. The van der Waals surface area contributed by atoms with Gasteiger partial charge in [0.05, 0.1) is 6.61 Å². The van der Waals surface area contributed by atoms with Crippen LogP contribution in [0.2, 0.25) is 0 Å². The first-order valence-electron chi connectivity index (χ1n) is 4.63. The van der Waals surface area contributed by atoms with E-state index in [2.05, 4.69) is 0 Å². The quantitative estimate of drug-likeness (QED) is 0.850. The lowest BCUT2D eigenvalue weighted by Crippen LogP contribution is -2.15. The van der Waals surface area contributed by atoms with E-state index < -0.39 is 10.0 Å². The van der Waals surface area contributed by atoms with Crippen LogP contribution in [0.15, 0.2) is 17.0 Å². The maximum Gasteiger partial charge on any atom is 0.241 e. The number of hydrogen-bond donors (Lipinski definition) is 1. The van der Waals surface area contributed by atoms with Crippen molar-refractivity contribution >= 4 is 10.0 Å². The second-order valence-electron chi connectivity index (χ2n) is 3.39. The van der Waals surface area contributed by atoms with Crippen LogP contribution in [0.1, 0.15) is 18.1 Å². The van der Waals surface area contributed by atoms with Crippen molar-refractivity contribution in [1.29, 1.82) is 0 Å². The van der Waals surface area contributed by atoms with Gasteiger partial charge < -0.3 is 4.74 Å². The number of primary sulfonamides is 1.